The highest BCUT2D eigenvalue weighted by molar-refractivity contribution is 5.84. The Hall–Kier alpha value is -3.88. The average molecular weight is 567 g/mol. The number of rotatable bonds is 8. The maximum absolute atomic E-state index is 13.5. The molecule has 0 saturated heterocycles. The van der Waals surface area contributed by atoms with E-state index in [0.717, 1.165) is 22.4 Å². The zero-order valence-corrected chi connectivity index (χ0v) is 25.8. The molecule has 0 fully saturated rings. The maximum atomic E-state index is 13.5. The first kappa shape index (κ1) is 31.6. The number of pyridine rings is 1. The summed E-state index contributed by atoms with van der Waals surface area (Å²) in [5.74, 6) is -1.79. The highest BCUT2D eigenvalue weighted by Crippen LogP contribution is 2.40. The molecule has 0 radical (unpaired) electrons. The number of nitrogens with zero attached hydrogens (tertiary/aromatic N) is 1. The molecule has 1 N–H and O–H groups in total. The first-order valence-corrected chi connectivity index (χ1v) is 13.9. The van der Waals surface area contributed by atoms with Gasteiger partial charge in [0.2, 0.25) is 0 Å². The van der Waals surface area contributed by atoms with Crippen LogP contribution < -0.4 is 15.9 Å². The second-order valence-electron chi connectivity index (χ2n) is 12.5. The van der Waals surface area contributed by atoms with Crippen LogP contribution in [0.1, 0.15) is 95.3 Å². The van der Waals surface area contributed by atoms with Crippen molar-refractivity contribution in [1.82, 2.24) is 10.3 Å². The molecule has 1 unspecified atom stereocenters. The fourth-order valence-corrected chi connectivity index (χ4v) is 4.44. The second-order valence-corrected chi connectivity index (χ2v) is 12.5. The molecule has 2 aromatic heterocycles. The molecule has 1 atom stereocenters. The van der Waals surface area contributed by atoms with Gasteiger partial charge in [0.05, 0.1) is 5.69 Å². The number of aromatic nitrogens is 1. The van der Waals surface area contributed by atoms with E-state index in [1.807, 2.05) is 38.1 Å². The molecule has 3 rings (SSSR count). The molecule has 0 saturated carbocycles. The van der Waals surface area contributed by atoms with Gasteiger partial charge in [-0.25, -0.2) is 9.59 Å². The smallest absolute Gasteiger partial charge is 0.444 e. The topological polar surface area (TPSA) is 121 Å². The van der Waals surface area contributed by atoms with Crippen LogP contribution in [-0.4, -0.2) is 22.6 Å². The summed E-state index contributed by atoms with van der Waals surface area (Å²) < 4.78 is 21.7. The third kappa shape index (κ3) is 8.31. The van der Waals surface area contributed by atoms with Gasteiger partial charge in [0, 0.05) is 23.4 Å². The number of benzene rings is 1. The van der Waals surface area contributed by atoms with Crippen molar-refractivity contribution in [1.29, 1.82) is 0 Å². The maximum Gasteiger partial charge on any atom is 0.519 e. The summed E-state index contributed by atoms with van der Waals surface area (Å²) >= 11 is 0. The van der Waals surface area contributed by atoms with Crippen LogP contribution in [0.25, 0.3) is 11.1 Å². The van der Waals surface area contributed by atoms with Crippen LogP contribution in [0.3, 0.4) is 0 Å². The standard InChI is InChI=1S/C32H42N2O7/c1-11-23-27(39-28(35)19(3)26-20(4)38-30(37)40-26)25(21-14-12-18(2)13-15-21)22(24(34-23)16-31(5,6)7)17-33-29(36)41-32(8,9)10/h12-15,19H,11,16-17H2,1-10H3,(H,33,36). The third-order valence-electron chi connectivity index (χ3n) is 6.32. The van der Waals surface area contributed by atoms with E-state index in [2.05, 4.69) is 26.1 Å². The number of nitrogens with one attached hydrogen (secondary N) is 1. The van der Waals surface area contributed by atoms with E-state index < -0.39 is 29.4 Å². The molecule has 9 heteroatoms. The van der Waals surface area contributed by atoms with Gasteiger partial charge in [0.25, 0.3) is 0 Å². The fraction of sp³-hybridized carbons (Fsp3) is 0.500. The van der Waals surface area contributed by atoms with Crippen molar-refractivity contribution in [2.24, 2.45) is 5.41 Å². The number of amides is 1. The van der Waals surface area contributed by atoms with Crippen LogP contribution >= 0.6 is 0 Å². The lowest BCUT2D eigenvalue weighted by molar-refractivity contribution is -0.136. The van der Waals surface area contributed by atoms with Crippen molar-refractivity contribution < 1.29 is 27.9 Å². The Morgan fingerprint density at radius 3 is 2.15 bits per heavy atom. The first-order chi connectivity index (χ1) is 19.0. The van der Waals surface area contributed by atoms with Gasteiger partial charge in [-0.05, 0) is 65.4 Å². The quantitative estimate of drug-likeness (QED) is 0.296. The van der Waals surface area contributed by atoms with Gasteiger partial charge in [-0.3, -0.25) is 9.78 Å². The minimum absolute atomic E-state index is 0.107. The summed E-state index contributed by atoms with van der Waals surface area (Å²) in [6.07, 6.45) is 0.548. The third-order valence-corrected chi connectivity index (χ3v) is 6.32. The SMILES string of the molecule is CCc1nc(CC(C)(C)C)c(CNC(=O)OC(C)(C)C)c(-c2ccc(C)cc2)c1OC(=O)C(C)c1oc(=O)oc1C. The Kier molecular flexibility index (Phi) is 9.51. The van der Waals surface area contributed by atoms with Crippen LogP contribution in [0.5, 0.6) is 5.75 Å². The Morgan fingerprint density at radius 1 is 1.00 bits per heavy atom. The predicted molar refractivity (Wildman–Crippen MR) is 156 cm³/mol. The molecule has 1 aromatic carbocycles. The first-order valence-electron chi connectivity index (χ1n) is 13.9. The molecular weight excluding hydrogens is 524 g/mol. The van der Waals surface area contributed by atoms with E-state index in [1.54, 1.807) is 34.6 Å². The van der Waals surface area contributed by atoms with Gasteiger partial charge in [0.15, 0.2) is 11.5 Å². The number of carbonyl (C=O) groups excluding carboxylic acids is 2. The van der Waals surface area contributed by atoms with Gasteiger partial charge in [0.1, 0.15) is 17.3 Å². The van der Waals surface area contributed by atoms with E-state index in [0.29, 0.717) is 29.8 Å². The zero-order chi connectivity index (χ0) is 30.7. The number of hydrogen-bond donors (Lipinski definition) is 1. The van der Waals surface area contributed by atoms with Crippen molar-refractivity contribution >= 4 is 12.1 Å². The summed E-state index contributed by atoms with van der Waals surface area (Å²) in [6.45, 7) is 19.0. The van der Waals surface area contributed by atoms with Gasteiger partial charge >= 0.3 is 17.9 Å². The van der Waals surface area contributed by atoms with Crippen molar-refractivity contribution in [3.05, 3.63) is 68.9 Å². The summed E-state index contributed by atoms with van der Waals surface area (Å²) in [7, 11) is 0. The van der Waals surface area contributed by atoms with Gasteiger partial charge in [-0.15, -0.1) is 0 Å². The molecule has 9 nitrogen and oxygen atoms in total. The van der Waals surface area contributed by atoms with Crippen LogP contribution in [0.2, 0.25) is 0 Å². The van der Waals surface area contributed by atoms with Crippen LogP contribution in [-0.2, 0) is 28.9 Å². The molecule has 0 aliphatic rings. The Morgan fingerprint density at radius 2 is 1.63 bits per heavy atom. The minimum atomic E-state index is -0.908. The number of carbonyl (C=O) groups is 2. The average Bonchev–Trinajstić information content (AvgIpc) is 3.19. The minimum Gasteiger partial charge on any atom is -0.444 e. The van der Waals surface area contributed by atoms with E-state index in [4.69, 9.17) is 23.3 Å². The predicted octanol–water partition coefficient (Wildman–Crippen LogP) is 6.80. The molecule has 0 aliphatic heterocycles. The number of esters is 1. The zero-order valence-electron chi connectivity index (χ0n) is 25.8. The molecular formula is C32H42N2O7. The van der Waals surface area contributed by atoms with E-state index in [1.165, 1.54) is 0 Å². The van der Waals surface area contributed by atoms with Crippen LogP contribution in [0, 0.1) is 19.3 Å². The van der Waals surface area contributed by atoms with Crippen molar-refractivity contribution in [3.8, 4) is 16.9 Å². The molecule has 0 bridgehead atoms. The van der Waals surface area contributed by atoms with E-state index in [9.17, 15) is 14.4 Å². The largest absolute Gasteiger partial charge is 0.519 e. The Balaban J connectivity index is 2.22. The molecule has 3 aromatic rings. The second kappa shape index (κ2) is 12.3. The normalized spacial score (nSPS) is 12.6. The highest BCUT2D eigenvalue weighted by Gasteiger charge is 2.30. The van der Waals surface area contributed by atoms with Crippen molar-refractivity contribution in [2.75, 3.05) is 0 Å². The Labute approximate surface area is 241 Å². The molecule has 2 heterocycles. The summed E-state index contributed by atoms with van der Waals surface area (Å²) in [6, 6.07) is 7.88. The number of hydrogen-bond acceptors (Lipinski definition) is 8. The lowest BCUT2D eigenvalue weighted by atomic mass is 9.86. The summed E-state index contributed by atoms with van der Waals surface area (Å²) in [5.41, 5.74) is 3.89. The van der Waals surface area contributed by atoms with Gasteiger partial charge in [-0.1, -0.05) is 57.5 Å². The molecule has 41 heavy (non-hydrogen) atoms. The molecule has 0 aliphatic carbocycles. The number of ether oxygens (including phenoxy) is 2. The van der Waals surface area contributed by atoms with Crippen molar-refractivity contribution in [3.63, 3.8) is 0 Å². The highest BCUT2D eigenvalue weighted by atomic mass is 16.6. The monoisotopic (exact) mass is 566 g/mol. The fourth-order valence-electron chi connectivity index (χ4n) is 4.44. The number of alkyl carbamates (subject to hydrolysis) is 1. The van der Waals surface area contributed by atoms with Crippen LogP contribution in [0.15, 0.2) is 37.9 Å². The molecule has 222 valence electrons. The van der Waals surface area contributed by atoms with Gasteiger partial charge in [-0.2, -0.15) is 0 Å². The van der Waals surface area contributed by atoms with Crippen LogP contribution in [0.4, 0.5) is 4.79 Å². The summed E-state index contributed by atoms with van der Waals surface area (Å²) in [4.78, 5) is 42.8. The van der Waals surface area contributed by atoms with E-state index in [-0.39, 0.29) is 23.5 Å². The number of aryl methyl sites for hydroxylation is 3. The van der Waals surface area contributed by atoms with E-state index >= 15 is 0 Å². The molecule has 0 spiro atoms. The molecule has 1 amide bonds. The Bertz CT molecular complexity index is 1450. The van der Waals surface area contributed by atoms with Gasteiger partial charge < -0.3 is 23.6 Å². The lowest BCUT2D eigenvalue weighted by Gasteiger charge is -2.26. The summed E-state index contributed by atoms with van der Waals surface area (Å²) in [5, 5.41) is 2.88. The lowest BCUT2D eigenvalue weighted by Crippen LogP contribution is -2.33. The van der Waals surface area contributed by atoms with Crippen molar-refractivity contribution in [2.45, 2.75) is 100 Å².